The third-order valence-electron chi connectivity index (χ3n) is 2.22. The number of aromatic hydroxyl groups is 1. The number of hydrogen-bond donors (Lipinski definition) is 3. The van der Waals surface area contributed by atoms with Crippen LogP contribution in [0.5, 0.6) is 5.75 Å². The summed E-state index contributed by atoms with van der Waals surface area (Å²) in [5.74, 6) is -1.49. The van der Waals surface area contributed by atoms with Gasteiger partial charge in [-0.25, -0.2) is 4.79 Å². The van der Waals surface area contributed by atoms with E-state index in [2.05, 4.69) is 0 Å². The Kier molecular flexibility index (Phi) is 5.56. The highest BCUT2D eigenvalue weighted by Gasteiger charge is 2.00. The van der Waals surface area contributed by atoms with Gasteiger partial charge in [0.25, 0.3) is 0 Å². The Morgan fingerprint density at radius 2 is 1.60 bits per heavy atom. The number of amides is 1. The Bertz CT molecular complexity index is 611. The van der Waals surface area contributed by atoms with Crippen LogP contribution in [0.4, 0.5) is 0 Å². The van der Waals surface area contributed by atoms with Crippen molar-refractivity contribution in [3.05, 3.63) is 64.7 Å². The summed E-state index contributed by atoms with van der Waals surface area (Å²) in [4.78, 5) is 20.7. The highest BCUT2D eigenvalue weighted by atomic mass is 35.5. The molecule has 0 fully saturated rings. The van der Waals surface area contributed by atoms with Crippen LogP contribution in [0.15, 0.2) is 48.5 Å². The van der Waals surface area contributed by atoms with Crippen molar-refractivity contribution in [3.8, 4) is 5.75 Å². The molecular formula is C14H12ClNO4. The molecule has 0 aliphatic carbocycles. The van der Waals surface area contributed by atoms with E-state index >= 15 is 0 Å². The normalized spacial score (nSPS) is 9.25. The third kappa shape index (κ3) is 4.99. The number of phenols is 1. The Morgan fingerprint density at radius 1 is 1.00 bits per heavy atom. The Morgan fingerprint density at radius 3 is 2.00 bits per heavy atom. The molecule has 2 aromatic rings. The number of benzene rings is 2. The molecule has 20 heavy (non-hydrogen) atoms. The molecule has 2 rings (SSSR count). The second kappa shape index (κ2) is 7.16. The van der Waals surface area contributed by atoms with Gasteiger partial charge < -0.3 is 15.9 Å². The van der Waals surface area contributed by atoms with Crippen molar-refractivity contribution >= 4 is 23.5 Å². The highest BCUT2D eigenvalue weighted by molar-refractivity contribution is 6.30. The number of aromatic carboxylic acids is 1. The lowest BCUT2D eigenvalue weighted by Gasteiger charge is -1.92. The van der Waals surface area contributed by atoms with Crippen LogP contribution in [0, 0.1) is 0 Å². The van der Waals surface area contributed by atoms with Crippen molar-refractivity contribution in [2.75, 3.05) is 0 Å². The minimum Gasteiger partial charge on any atom is -0.508 e. The summed E-state index contributed by atoms with van der Waals surface area (Å²) in [6.07, 6.45) is 0. The molecule has 6 heteroatoms. The molecule has 0 heterocycles. The van der Waals surface area contributed by atoms with Gasteiger partial charge in [-0.2, -0.15) is 0 Å². The molecule has 2 aromatic carbocycles. The van der Waals surface area contributed by atoms with Gasteiger partial charge in [0.2, 0.25) is 5.91 Å². The zero-order valence-electron chi connectivity index (χ0n) is 10.3. The Labute approximate surface area is 120 Å². The molecule has 0 bridgehead atoms. The van der Waals surface area contributed by atoms with Crippen LogP contribution in [-0.4, -0.2) is 22.1 Å². The number of nitrogens with two attached hydrogens (primary N) is 1. The van der Waals surface area contributed by atoms with Gasteiger partial charge in [0.15, 0.2) is 0 Å². The standard InChI is InChI=1S/C7H6ClNO.C7H6O3/c8-6-3-1-5(2-4-6)7(9)10;8-6-3-1-2-5(4-6)7(9)10/h1-4H,(H2,9,10);1-4,8H,(H,9,10). The Hall–Kier alpha value is -2.53. The average Bonchev–Trinajstić information content (AvgIpc) is 2.40. The van der Waals surface area contributed by atoms with E-state index in [1.165, 1.54) is 24.3 Å². The lowest BCUT2D eigenvalue weighted by molar-refractivity contribution is 0.0696. The van der Waals surface area contributed by atoms with Gasteiger partial charge in [-0.1, -0.05) is 17.7 Å². The number of phenolic OH excluding ortho intramolecular Hbond substituents is 1. The fraction of sp³-hybridized carbons (Fsp3) is 0. The summed E-state index contributed by atoms with van der Waals surface area (Å²) in [6.45, 7) is 0. The minimum absolute atomic E-state index is 0.0279. The van der Waals surface area contributed by atoms with E-state index in [4.69, 9.17) is 27.5 Å². The van der Waals surface area contributed by atoms with Crippen LogP contribution < -0.4 is 5.73 Å². The van der Waals surface area contributed by atoms with Crippen LogP contribution >= 0.6 is 11.6 Å². The molecule has 0 unspecified atom stereocenters. The second-order valence-electron chi connectivity index (χ2n) is 3.73. The van der Waals surface area contributed by atoms with Crippen LogP contribution in [0.1, 0.15) is 20.7 Å². The first-order chi connectivity index (χ1) is 9.40. The lowest BCUT2D eigenvalue weighted by Crippen LogP contribution is -2.10. The molecule has 4 N–H and O–H groups in total. The van der Waals surface area contributed by atoms with Gasteiger partial charge in [-0.05, 0) is 42.5 Å². The van der Waals surface area contributed by atoms with E-state index in [1.54, 1.807) is 24.3 Å². The van der Waals surface area contributed by atoms with E-state index in [0.29, 0.717) is 10.6 Å². The molecule has 0 aliphatic heterocycles. The minimum atomic E-state index is -1.03. The maximum absolute atomic E-state index is 10.5. The highest BCUT2D eigenvalue weighted by Crippen LogP contribution is 2.10. The number of hydrogen-bond acceptors (Lipinski definition) is 3. The monoisotopic (exact) mass is 293 g/mol. The van der Waals surface area contributed by atoms with Crippen molar-refractivity contribution < 1.29 is 19.8 Å². The van der Waals surface area contributed by atoms with E-state index in [-0.39, 0.29) is 11.3 Å². The number of carboxylic acids is 1. The van der Waals surface area contributed by atoms with Crippen LogP contribution in [0.2, 0.25) is 5.02 Å². The van der Waals surface area contributed by atoms with Gasteiger partial charge in [0.1, 0.15) is 5.75 Å². The molecule has 0 saturated carbocycles. The fourth-order valence-electron chi connectivity index (χ4n) is 1.25. The van der Waals surface area contributed by atoms with E-state index in [1.807, 2.05) is 0 Å². The molecule has 0 aromatic heterocycles. The van der Waals surface area contributed by atoms with Crippen molar-refractivity contribution in [1.82, 2.24) is 0 Å². The number of carbonyl (C=O) groups is 2. The first kappa shape index (κ1) is 15.5. The quantitative estimate of drug-likeness (QED) is 0.792. The predicted molar refractivity (Wildman–Crippen MR) is 75.0 cm³/mol. The van der Waals surface area contributed by atoms with Crippen molar-refractivity contribution in [2.45, 2.75) is 0 Å². The van der Waals surface area contributed by atoms with Crippen LogP contribution in [0.3, 0.4) is 0 Å². The number of primary amides is 1. The third-order valence-corrected chi connectivity index (χ3v) is 2.47. The first-order valence-corrected chi connectivity index (χ1v) is 5.85. The summed E-state index contributed by atoms with van der Waals surface area (Å²) in [5.41, 5.74) is 5.56. The molecule has 0 spiro atoms. The molecule has 0 radical (unpaired) electrons. The number of halogens is 1. The van der Waals surface area contributed by atoms with Crippen molar-refractivity contribution in [1.29, 1.82) is 0 Å². The summed E-state index contributed by atoms with van der Waals surface area (Å²) < 4.78 is 0. The average molecular weight is 294 g/mol. The number of carboxylic acid groups (broad SMARTS) is 1. The smallest absolute Gasteiger partial charge is 0.335 e. The van der Waals surface area contributed by atoms with Gasteiger partial charge >= 0.3 is 5.97 Å². The molecule has 1 amide bonds. The van der Waals surface area contributed by atoms with E-state index in [9.17, 15) is 9.59 Å². The zero-order chi connectivity index (χ0) is 15.1. The molecule has 5 nitrogen and oxygen atoms in total. The molecule has 0 saturated heterocycles. The van der Waals surface area contributed by atoms with Crippen molar-refractivity contribution in [3.63, 3.8) is 0 Å². The summed E-state index contributed by atoms with van der Waals surface area (Å²) >= 11 is 5.56. The fourth-order valence-corrected chi connectivity index (χ4v) is 1.38. The van der Waals surface area contributed by atoms with E-state index in [0.717, 1.165) is 0 Å². The van der Waals surface area contributed by atoms with Gasteiger partial charge in [-0.3, -0.25) is 4.79 Å². The first-order valence-electron chi connectivity index (χ1n) is 5.48. The van der Waals surface area contributed by atoms with Gasteiger partial charge in [0, 0.05) is 10.6 Å². The second-order valence-corrected chi connectivity index (χ2v) is 4.16. The largest absolute Gasteiger partial charge is 0.508 e. The Balaban J connectivity index is 0.000000200. The summed E-state index contributed by atoms with van der Waals surface area (Å²) in [7, 11) is 0. The summed E-state index contributed by atoms with van der Waals surface area (Å²) in [6, 6.07) is 12.0. The van der Waals surface area contributed by atoms with Crippen molar-refractivity contribution in [2.24, 2.45) is 5.73 Å². The molecule has 104 valence electrons. The van der Waals surface area contributed by atoms with Crippen LogP contribution in [0.25, 0.3) is 0 Å². The maximum Gasteiger partial charge on any atom is 0.335 e. The topological polar surface area (TPSA) is 101 Å². The van der Waals surface area contributed by atoms with Crippen LogP contribution in [-0.2, 0) is 0 Å². The number of carbonyl (C=O) groups excluding carboxylic acids is 1. The number of rotatable bonds is 2. The molecule has 0 atom stereocenters. The predicted octanol–water partition coefficient (Wildman–Crippen LogP) is 2.53. The van der Waals surface area contributed by atoms with E-state index < -0.39 is 11.9 Å². The SMILES string of the molecule is NC(=O)c1ccc(Cl)cc1.O=C(O)c1cccc(O)c1. The lowest BCUT2D eigenvalue weighted by atomic mass is 10.2. The zero-order valence-corrected chi connectivity index (χ0v) is 11.0. The van der Waals surface area contributed by atoms with Gasteiger partial charge in [0.05, 0.1) is 5.56 Å². The molecular weight excluding hydrogens is 282 g/mol. The molecule has 0 aliphatic rings. The summed E-state index contributed by atoms with van der Waals surface area (Å²) in [5, 5.41) is 17.8. The van der Waals surface area contributed by atoms with Gasteiger partial charge in [-0.15, -0.1) is 0 Å². The maximum atomic E-state index is 10.5.